The fourth-order valence-electron chi connectivity index (χ4n) is 2.14. The summed E-state index contributed by atoms with van der Waals surface area (Å²) in [6.07, 6.45) is 1.17. The number of hydrogen-bond donors (Lipinski definition) is 1. The van der Waals surface area contributed by atoms with E-state index >= 15 is 0 Å². The number of thioether (sulfide) groups is 1. The lowest BCUT2D eigenvalue weighted by Crippen LogP contribution is -2.25. The van der Waals surface area contributed by atoms with Crippen molar-refractivity contribution in [3.8, 4) is 0 Å². The van der Waals surface area contributed by atoms with E-state index in [2.05, 4.69) is 77.9 Å². The maximum atomic E-state index is 3.51. The third kappa shape index (κ3) is 6.23. The lowest BCUT2D eigenvalue weighted by molar-refractivity contribution is 0.670. The fraction of sp³-hybridized carbons (Fsp3) is 0.333. The average molecular weight is 300 g/mol. The molecule has 0 aromatic heterocycles. The van der Waals surface area contributed by atoms with Crippen molar-refractivity contribution >= 4 is 17.4 Å². The van der Waals surface area contributed by atoms with Gasteiger partial charge in [-0.15, -0.1) is 11.8 Å². The van der Waals surface area contributed by atoms with E-state index in [1.165, 1.54) is 17.0 Å². The third-order valence-corrected chi connectivity index (χ3v) is 4.35. The van der Waals surface area contributed by atoms with Gasteiger partial charge in [0.15, 0.2) is 0 Å². The summed E-state index contributed by atoms with van der Waals surface area (Å²) in [5.74, 6) is 1.12. The Morgan fingerprint density at radius 2 is 1.57 bits per heavy atom. The molecule has 0 aliphatic rings. The molecule has 2 rings (SSSR count). The zero-order chi connectivity index (χ0) is 14.8. The lowest BCUT2D eigenvalue weighted by Gasteiger charge is -2.19. The Bertz CT molecular complexity index is 487. The normalized spacial score (nSPS) is 10.5. The number of nitrogens with zero attached hydrogens (tertiary/aromatic N) is 1. The highest BCUT2D eigenvalue weighted by Gasteiger charge is 1.98. The predicted octanol–water partition coefficient (Wildman–Crippen LogP) is 3.89. The fourth-order valence-corrected chi connectivity index (χ4v) is 2.97. The predicted molar refractivity (Wildman–Crippen MR) is 94.4 cm³/mol. The van der Waals surface area contributed by atoms with E-state index < -0.39 is 0 Å². The second kappa shape index (κ2) is 9.48. The van der Waals surface area contributed by atoms with Gasteiger partial charge in [0.1, 0.15) is 0 Å². The Balaban J connectivity index is 1.50. The first kappa shape index (κ1) is 15.9. The van der Waals surface area contributed by atoms with Crippen LogP contribution in [0.1, 0.15) is 6.42 Å². The summed E-state index contributed by atoms with van der Waals surface area (Å²) in [5, 5.41) is 3.51. The molecule has 0 amide bonds. The van der Waals surface area contributed by atoms with Crippen LogP contribution in [0.3, 0.4) is 0 Å². The largest absolute Gasteiger partial charge is 0.375 e. The van der Waals surface area contributed by atoms with Gasteiger partial charge < -0.3 is 10.2 Å². The highest BCUT2D eigenvalue weighted by Crippen LogP contribution is 2.15. The molecular formula is C18H24N2S. The average Bonchev–Trinajstić information content (AvgIpc) is 2.55. The molecule has 0 saturated heterocycles. The van der Waals surface area contributed by atoms with Crippen LogP contribution >= 0.6 is 11.8 Å². The standard InChI is InChI=1S/C18H24N2S/c1-20(17-9-4-2-5-10-17)15-8-13-19-14-16-21-18-11-6-3-7-12-18/h2-7,9-12,19H,8,13-16H2,1H3. The first-order valence-corrected chi connectivity index (χ1v) is 8.49. The molecule has 0 spiro atoms. The second-order valence-electron chi connectivity index (χ2n) is 5.02. The first-order valence-electron chi connectivity index (χ1n) is 7.51. The van der Waals surface area contributed by atoms with E-state index in [1.54, 1.807) is 0 Å². The molecule has 0 aliphatic heterocycles. The number of nitrogens with one attached hydrogen (secondary N) is 1. The summed E-state index contributed by atoms with van der Waals surface area (Å²) < 4.78 is 0. The van der Waals surface area contributed by atoms with Crippen molar-refractivity contribution in [3.63, 3.8) is 0 Å². The van der Waals surface area contributed by atoms with Crippen LogP contribution in [-0.2, 0) is 0 Å². The Labute approximate surface area is 132 Å². The van der Waals surface area contributed by atoms with Gasteiger partial charge in [0.25, 0.3) is 0 Å². The molecule has 3 heteroatoms. The van der Waals surface area contributed by atoms with Crippen molar-refractivity contribution in [2.24, 2.45) is 0 Å². The van der Waals surface area contributed by atoms with Crippen molar-refractivity contribution in [1.29, 1.82) is 0 Å². The maximum Gasteiger partial charge on any atom is 0.0363 e. The van der Waals surface area contributed by atoms with E-state index in [4.69, 9.17) is 0 Å². The lowest BCUT2D eigenvalue weighted by atomic mass is 10.3. The minimum atomic E-state index is 1.06. The van der Waals surface area contributed by atoms with E-state index in [0.29, 0.717) is 0 Å². The van der Waals surface area contributed by atoms with Crippen LogP contribution in [0.2, 0.25) is 0 Å². The van der Waals surface area contributed by atoms with Gasteiger partial charge in [-0.05, 0) is 37.2 Å². The maximum absolute atomic E-state index is 3.51. The van der Waals surface area contributed by atoms with Gasteiger partial charge >= 0.3 is 0 Å². The van der Waals surface area contributed by atoms with Gasteiger partial charge in [-0.1, -0.05) is 36.4 Å². The highest BCUT2D eigenvalue weighted by atomic mass is 32.2. The summed E-state index contributed by atoms with van der Waals surface area (Å²) >= 11 is 1.91. The van der Waals surface area contributed by atoms with Crippen LogP contribution < -0.4 is 10.2 Å². The van der Waals surface area contributed by atoms with E-state index in [9.17, 15) is 0 Å². The quantitative estimate of drug-likeness (QED) is 0.558. The Morgan fingerprint density at radius 3 is 2.29 bits per heavy atom. The summed E-state index contributed by atoms with van der Waals surface area (Å²) in [4.78, 5) is 3.66. The molecule has 0 heterocycles. The summed E-state index contributed by atoms with van der Waals surface area (Å²) in [6, 6.07) is 21.1. The molecule has 0 unspecified atom stereocenters. The summed E-state index contributed by atoms with van der Waals surface area (Å²) in [7, 11) is 2.15. The van der Waals surface area contributed by atoms with E-state index in [1.807, 2.05) is 11.8 Å². The van der Waals surface area contributed by atoms with Gasteiger partial charge in [0, 0.05) is 36.5 Å². The Morgan fingerprint density at radius 1 is 0.905 bits per heavy atom. The van der Waals surface area contributed by atoms with Gasteiger partial charge in [0.2, 0.25) is 0 Å². The third-order valence-electron chi connectivity index (χ3n) is 3.33. The summed E-state index contributed by atoms with van der Waals surface area (Å²) in [6.45, 7) is 3.23. The zero-order valence-corrected chi connectivity index (χ0v) is 13.5. The molecule has 0 atom stereocenters. The van der Waals surface area contributed by atoms with Crippen molar-refractivity contribution in [2.45, 2.75) is 11.3 Å². The topological polar surface area (TPSA) is 15.3 Å². The number of benzene rings is 2. The van der Waals surface area contributed by atoms with Crippen molar-refractivity contribution < 1.29 is 0 Å². The molecule has 0 bridgehead atoms. The monoisotopic (exact) mass is 300 g/mol. The van der Waals surface area contributed by atoms with Gasteiger partial charge in [-0.2, -0.15) is 0 Å². The minimum absolute atomic E-state index is 1.06. The molecule has 2 nitrogen and oxygen atoms in total. The van der Waals surface area contributed by atoms with Crippen molar-refractivity contribution in [2.75, 3.05) is 37.3 Å². The second-order valence-corrected chi connectivity index (χ2v) is 6.19. The van der Waals surface area contributed by atoms with Crippen LogP contribution in [0.25, 0.3) is 0 Å². The van der Waals surface area contributed by atoms with Crippen LogP contribution in [0, 0.1) is 0 Å². The van der Waals surface area contributed by atoms with Crippen LogP contribution in [0.4, 0.5) is 5.69 Å². The molecule has 0 radical (unpaired) electrons. The molecule has 21 heavy (non-hydrogen) atoms. The smallest absolute Gasteiger partial charge is 0.0363 e. The van der Waals surface area contributed by atoms with Crippen LogP contribution in [0.15, 0.2) is 65.6 Å². The number of rotatable bonds is 9. The molecule has 0 saturated carbocycles. The molecule has 112 valence electrons. The molecule has 1 N–H and O–H groups in total. The minimum Gasteiger partial charge on any atom is -0.375 e. The van der Waals surface area contributed by atoms with Crippen molar-refractivity contribution in [1.82, 2.24) is 5.32 Å². The molecular weight excluding hydrogens is 276 g/mol. The first-order chi connectivity index (χ1) is 10.4. The number of hydrogen-bond acceptors (Lipinski definition) is 3. The molecule has 2 aromatic carbocycles. The van der Waals surface area contributed by atoms with Gasteiger partial charge in [-0.3, -0.25) is 0 Å². The van der Waals surface area contributed by atoms with Gasteiger partial charge in [-0.25, -0.2) is 0 Å². The summed E-state index contributed by atoms with van der Waals surface area (Å²) in [5.41, 5.74) is 1.29. The van der Waals surface area contributed by atoms with Gasteiger partial charge in [0.05, 0.1) is 0 Å². The van der Waals surface area contributed by atoms with E-state index in [0.717, 1.165) is 25.4 Å². The number of para-hydroxylation sites is 1. The molecule has 0 fully saturated rings. The Kier molecular flexibility index (Phi) is 7.19. The number of anilines is 1. The van der Waals surface area contributed by atoms with Crippen LogP contribution in [0.5, 0.6) is 0 Å². The van der Waals surface area contributed by atoms with E-state index in [-0.39, 0.29) is 0 Å². The Hall–Kier alpha value is -1.45. The molecule has 0 aliphatic carbocycles. The highest BCUT2D eigenvalue weighted by molar-refractivity contribution is 7.99. The zero-order valence-electron chi connectivity index (χ0n) is 12.7. The van der Waals surface area contributed by atoms with Crippen molar-refractivity contribution in [3.05, 3.63) is 60.7 Å². The van der Waals surface area contributed by atoms with Crippen LogP contribution in [-0.4, -0.2) is 32.4 Å². The SMILES string of the molecule is CN(CCCNCCSc1ccccc1)c1ccccc1. The molecule has 2 aromatic rings.